The normalized spacial score (nSPS) is 25.4. The van der Waals surface area contributed by atoms with Crippen molar-refractivity contribution in [2.24, 2.45) is 11.7 Å². The third kappa shape index (κ3) is 3.43. The summed E-state index contributed by atoms with van der Waals surface area (Å²) in [7, 11) is 1.71. The molecule has 1 aliphatic rings. The highest BCUT2D eigenvalue weighted by atomic mass is 16.2. The van der Waals surface area contributed by atoms with Gasteiger partial charge >= 0.3 is 0 Å². The molecule has 5 heteroatoms. The minimum absolute atomic E-state index is 0.00343. The number of carbonyl (C=O) groups is 2. The molecule has 0 aromatic heterocycles. The van der Waals surface area contributed by atoms with Gasteiger partial charge in [0.15, 0.2) is 0 Å². The van der Waals surface area contributed by atoms with Crippen LogP contribution >= 0.6 is 0 Å². The molecule has 2 atom stereocenters. The molecule has 17 heavy (non-hydrogen) atoms. The van der Waals surface area contributed by atoms with Crippen molar-refractivity contribution in [3.8, 4) is 0 Å². The van der Waals surface area contributed by atoms with Gasteiger partial charge in [0, 0.05) is 7.05 Å². The van der Waals surface area contributed by atoms with E-state index < -0.39 is 0 Å². The van der Waals surface area contributed by atoms with E-state index in [0.717, 1.165) is 6.42 Å². The summed E-state index contributed by atoms with van der Waals surface area (Å²) in [6, 6.07) is -0.712. The van der Waals surface area contributed by atoms with Gasteiger partial charge in [-0.25, -0.2) is 0 Å². The molecule has 1 aliphatic heterocycles. The monoisotopic (exact) mass is 241 g/mol. The molecular formula is C12H23N3O2. The lowest BCUT2D eigenvalue weighted by Crippen LogP contribution is -2.62. The number of nitrogens with zero attached hydrogens (tertiary/aromatic N) is 1. The molecule has 0 radical (unpaired) electrons. The van der Waals surface area contributed by atoms with Crippen molar-refractivity contribution in [1.82, 2.24) is 10.2 Å². The number of hydrogen-bond acceptors (Lipinski definition) is 3. The van der Waals surface area contributed by atoms with Crippen molar-refractivity contribution in [2.75, 3.05) is 13.6 Å². The van der Waals surface area contributed by atoms with E-state index in [1.54, 1.807) is 11.9 Å². The SMILES string of the molecule is CC(C)C[C@H]1C(=O)N[C@@H](CCCN)C(=O)N1C. The molecule has 5 nitrogen and oxygen atoms in total. The first-order chi connectivity index (χ1) is 7.97. The van der Waals surface area contributed by atoms with Crippen LogP contribution in [0.25, 0.3) is 0 Å². The van der Waals surface area contributed by atoms with Gasteiger partial charge < -0.3 is 16.0 Å². The molecule has 1 heterocycles. The Bertz CT molecular complexity index is 291. The van der Waals surface area contributed by atoms with Crippen molar-refractivity contribution in [3.63, 3.8) is 0 Å². The van der Waals surface area contributed by atoms with Gasteiger partial charge in [-0.05, 0) is 31.7 Å². The Kier molecular flexibility index (Phi) is 4.93. The molecule has 3 N–H and O–H groups in total. The molecule has 0 aromatic carbocycles. The van der Waals surface area contributed by atoms with Crippen molar-refractivity contribution in [1.29, 1.82) is 0 Å². The molecule has 1 rings (SSSR count). The Morgan fingerprint density at radius 2 is 2.06 bits per heavy atom. The molecule has 0 aliphatic carbocycles. The zero-order valence-corrected chi connectivity index (χ0v) is 10.9. The maximum atomic E-state index is 12.0. The average molecular weight is 241 g/mol. The molecule has 0 aromatic rings. The number of rotatable bonds is 5. The number of carbonyl (C=O) groups excluding carboxylic acids is 2. The van der Waals surface area contributed by atoms with E-state index >= 15 is 0 Å². The van der Waals surface area contributed by atoms with Gasteiger partial charge in [0.25, 0.3) is 0 Å². The lowest BCUT2D eigenvalue weighted by Gasteiger charge is -2.37. The fraction of sp³-hybridized carbons (Fsp3) is 0.833. The Hall–Kier alpha value is -1.10. The van der Waals surface area contributed by atoms with Gasteiger partial charge in [-0.3, -0.25) is 9.59 Å². The zero-order valence-electron chi connectivity index (χ0n) is 10.9. The lowest BCUT2D eigenvalue weighted by molar-refractivity contribution is -0.148. The second-order valence-corrected chi connectivity index (χ2v) is 5.09. The minimum Gasteiger partial charge on any atom is -0.343 e. The summed E-state index contributed by atoms with van der Waals surface area (Å²) in [4.78, 5) is 25.5. The Labute approximate surface area is 103 Å². The van der Waals surface area contributed by atoms with Crippen LogP contribution < -0.4 is 11.1 Å². The Morgan fingerprint density at radius 3 is 2.59 bits per heavy atom. The van der Waals surface area contributed by atoms with Crippen LogP contribution in [-0.4, -0.2) is 42.4 Å². The van der Waals surface area contributed by atoms with E-state index in [4.69, 9.17) is 5.73 Å². The number of hydrogen-bond donors (Lipinski definition) is 2. The van der Waals surface area contributed by atoms with Crippen molar-refractivity contribution < 1.29 is 9.59 Å². The minimum atomic E-state index is -0.389. The summed E-state index contributed by atoms with van der Waals surface area (Å²) in [5.41, 5.74) is 5.42. The fourth-order valence-corrected chi connectivity index (χ4v) is 2.13. The maximum absolute atomic E-state index is 12.0. The summed E-state index contributed by atoms with van der Waals surface area (Å²) in [5.74, 6) is 0.355. The van der Waals surface area contributed by atoms with Crippen LogP contribution in [0.2, 0.25) is 0 Å². The van der Waals surface area contributed by atoms with Crippen LogP contribution in [-0.2, 0) is 9.59 Å². The van der Waals surface area contributed by atoms with E-state index in [9.17, 15) is 9.59 Å². The fourth-order valence-electron chi connectivity index (χ4n) is 2.13. The smallest absolute Gasteiger partial charge is 0.245 e. The van der Waals surface area contributed by atoms with Gasteiger partial charge in [-0.2, -0.15) is 0 Å². The van der Waals surface area contributed by atoms with Crippen LogP contribution in [0.3, 0.4) is 0 Å². The first kappa shape index (κ1) is 14.0. The number of piperazine rings is 1. The van der Waals surface area contributed by atoms with Crippen molar-refractivity contribution >= 4 is 11.8 Å². The van der Waals surface area contributed by atoms with E-state index in [1.165, 1.54) is 0 Å². The van der Waals surface area contributed by atoms with Crippen molar-refractivity contribution in [3.05, 3.63) is 0 Å². The third-order valence-corrected chi connectivity index (χ3v) is 3.12. The molecule has 98 valence electrons. The summed E-state index contributed by atoms with van der Waals surface area (Å²) < 4.78 is 0. The van der Waals surface area contributed by atoms with Crippen LogP contribution in [0.5, 0.6) is 0 Å². The number of nitrogens with two attached hydrogens (primary N) is 1. The first-order valence-corrected chi connectivity index (χ1v) is 6.24. The maximum Gasteiger partial charge on any atom is 0.245 e. The average Bonchev–Trinajstić information content (AvgIpc) is 2.27. The zero-order chi connectivity index (χ0) is 13.0. The van der Waals surface area contributed by atoms with Gasteiger partial charge in [0.1, 0.15) is 12.1 Å². The Morgan fingerprint density at radius 1 is 1.41 bits per heavy atom. The van der Waals surface area contributed by atoms with Crippen molar-refractivity contribution in [2.45, 2.75) is 45.2 Å². The summed E-state index contributed by atoms with van der Waals surface area (Å²) >= 11 is 0. The summed E-state index contributed by atoms with van der Waals surface area (Å²) in [6.07, 6.45) is 2.08. The molecule has 1 saturated heterocycles. The highest BCUT2D eigenvalue weighted by Crippen LogP contribution is 2.17. The van der Waals surface area contributed by atoms with Gasteiger partial charge in [-0.15, -0.1) is 0 Å². The first-order valence-electron chi connectivity index (χ1n) is 6.24. The molecule has 2 amide bonds. The Balaban J connectivity index is 2.66. The summed E-state index contributed by atoms with van der Waals surface area (Å²) in [6.45, 7) is 4.64. The predicted molar refractivity (Wildman–Crippen MR) is 66.2 cm³/mol. The molecule has 1 fully saturated rings. The highest BCUT2D eigenvalue weighted by Gasteiger charge is 2.37. The largest absolute Gasteiger partial charge is 0.343 e. The second-order valence-electron chi connectivity index (χ2n) is 5.09. The van der Waals surface area contributed by atoms with Crippen LogP contribution in [0, 0.1) is 5.92 Å². The third-order valence-electron chi connectivity index (χ3n) is 3.12. The molecule has 0 bridgehead atoms. The van der Waals surface area contributed by atoms with Gasteiger partial charge in [0.05, 0.1) is 0 Å². The van der Waals surface area contributed by atoms with Crippen LogP contribution in [0.4, 0.5) is 0 Å². The molecule has 0 saturated carbocycles. The number of amides is 2. The van der Waals surface area contributed by atoms with Crippen LogP contribution in [0.1, 0.15) is 33.1 Å². The lowest BCUT2D eigenvalue weighted by atomic mass is 9.97. The van der Waals surface area contributed by atoms with E-state index in [0.29, 0.717) is 25.3 Å². The van der Waals surface area contributed by atoms with Gasteiger partial charge in [0.2, 0.25) is 11.8 Å². The predicted octanol–water partition coefficient (Wildman–Crippen LogP) is 0.0968. The highest BCUT2D eigenvalue weighted by molar-refractivity contribution is 5.96. The molecule has 0 spiro atoms. The number of likely N-dealkylation sites (N-methyl/N-ethyl adjacent to an activating group) is 1. The van der Waals surface area contributed by atoms with E-state index in [2.05, 4.69) is 5.32 Å². The topological polar surface area (TPSA) is 75.4 Å². The van der Waals surface area contributed by atoms with Crippen LogP contribution in [0.15, 0.2) is 0 Å². The standard InChI is InChI=1S/C12H23N3O2/c1-8(2)7-10-11(16)14-9(5-4-6-13)12(17)15(10)3/h8-10H,4-7,13H2,1-3H3,(H,14,16)/t9-,10-/m0/s1. The van der Waals surface area contributed by atoms with E-state index in [1.807, 2.05) is 13.8 Å². The summed E-state index contributed by atoms with van der Waals surface area (Å²) in [5, 5.41) is 2.80. The second kappa shape index (κ2) is 6.00. The van der Waals surface area contributed by atoms with E-state index in [-0.39, 0.29) is 23.9 Å². The molecule has 0 unspecified atom stereocenters. The number of nitrogens with one attached hydrogen (secondary N) is 1. The quantitative estimate of drug-likeness (QED) is 0.716. The molecular weight excluding hydrogens is 218 g/mol. The van der Waals surface area contributed by atoms with Gasteiger partial charge in [-0.1, -0.05) is 13.8 Å².